The van der Waals surface area contributed by atoms with E-state index in [0.717, 1.165) is 12.1 Å². The summed E-state index contributed by atoms with van der Waals surface area (Å²) in [5.74, 6) is -1.97. The van der Waals surface area contributed by atoms with Crippen molar-refractivity contribution >= 4 is 16.0 Å². The van der Waals surface area contributed by atoms with Crippen LogP contribution in [0.5, 0.6) is 0 Å². The maximum atomic E-state index is 13.1. The first kappa shape index (κ1) is 14.9. The first-order valence-electron chi connectivity index (χ1n) is 5.96. The van der Waals surface area contributed by atoms with Gasteiger partial charge in [0.25, 0.3) is 0 Å². The van der Waals surface area contributed by atoms with Gasteiger partial charge >= 0.3 is 5.97 Å². The van der Waals surface area contributed by atoms with Gasteiger partial charge in [0.05, 0.1) is 4.90 Å². The molecule has 0 bridgehead atoms. The van der Waals surface area contributed by atoms with Crippen molar-refractivity contribution in [1.29, 1.82) is 0 Å². The minimum absolute atomic E-state index is 0.0247. The number of aliphatic carboxylic acids is 1. The van der Waals surface area contributed by atoms with E-state index in [-0.39, 0.29) is 31.0 Å². The molecule has 110 valence electrons. The standard InChI is InChI=1S/C12H14FNO5S/c13-9-2-1-3-10(8-9)20(17,18)14-12(11(15)16)4-6-19-7-5-12/h1-3,8,14H,4-7H2,(H,15,16). The number of ether oxygens (including phenoxy) is 1. The molecule has 1 saturated heterocycles. The van der Waals surface area contributed by atoms with E-state index in [9.17, 15) is 22.7 Å². The van der Waals surface area contributed by atoms with Gasteiger partial charge in [-0.25, -0.2) is 12.8 Å². The molecular weight excluding hydrogens is 289 g/mol. The van der Waals surface area contributed by atoms with E-state index >= 15 is 0 Å². The Morgan fingerprint density at radius 3 is 2.55 bits per heavy atom. The van der Waals surface area contributed by atoms with E-state index < -0.39 is 27.3 Å². The summed E-state index contributed by atoms with van der Waals surface area (Å²) < 4.78 is 44.7. The van der Waals surface area contributed by atoms with Gasteiger partial charge in [-0.05, 0) is 18.2 Å². The summed E-state index contributed by atoms with van der Waals surface area (Å²) in [6.07, 6.45) is 0.0494. The number of hydrogen-bond donors (Lipinski definition) is 2. The van der Waals surface area contributed by atoms with E-state index in [1.807, 2.05) is 0 Å². The van der Waals surface area contributed by atoms with Crippen molar-refractivity contribution in [2.75, 3.05) is 13.2 Å². The maximum Gasteiger partial charge on any atom is 0.325 e. The van der Waals surface area contributed by atoms with E-state index in [1.165, 1.54) is 12.1 Å². The van der Waals surface area contributed by atoms with Gasteiger partial charge in [0.1, 0.15) is 11.4 Å². The van der Waals surface area contributed by atoms with Crippen LogP contribution in [-0.2, 0) is 19.6 Å². The summed E-state index contributed by atoms with van der Waals surface area (Å²) >= 11 is 0. The number of sulfonamides is 1. The number of benzene rings is 1. The number of hydrogen-bond acceptors (Lipinski definition) is 4. The van der Waals surface area contributed by atoms with Crippen LogP contribution in [0.25, 0.3) is 0 Å². The lowest BCUT2D eigenvalue weighted by atomic mass is 9.92. The zero-order valence-electron chi connectivity index (χ0n) is 10.5. The Kier molecular flexibility index (Phi) is 4.07. The first-order valence-corrected chi connectivity index (χ1v) is 7.45. The zero-order chi connectivity index (χ0) is 14.8. The van der Waals surface area contributed by atoms with Gasteiger partial charge in [0, 0.05) is 26.1 Å². The van der Waals surface area contributed by atoms with Gasteiger partial charge < -0.3 is 9.84 Å². The van der Waals surface area contributed by atoms with E-state index in [4.69, 9.17) is 4.74 Å². The third-order valence-corrected chi connectivity index (χ3v) is 4.73. The number of carboxylic acid groups (broad SMARTS) is 1. The molecule has 0 unspecified atom stereocenters. The van der Waals surface area contributed by atoms with Crippen LogP contribution >= 0.6 is 0 Å². The van der Waals surface area contributed by atoms with Gasteiger partial charge in [-0.3, -0.25) is 4.79 Å². The van der Waals surface area contributed by atoms with Crippen LogP contribution in [-0.4, -0.2) is 38.2 Å². The molecule has 1 aromatic rings. The fourth-order valence-electron chi connectivity index (χ4n) is 2.03. The van der Waals surface area contributed by atoms with Gasteiger partial charge in [-0.15, -0.1) is 0 Å². The van der Waals surface area contributed by atoms with E-state index in [1.54, 1.807) is 0 Å². The average molecular weight is 303 g/mol. The summed E-state index contributed by atoms with van der Waals surface area (Å²) in [5, 5.41) is 9.30. The molecule has 1 aromatic carbocycles. The number of carboxylic acids is 1. The minimum Gasteiger partial charge on any atom is -0.480 e. The monoisotopic (exact) mass is 303 g/mol. The molecule has 0 amide bonds. The highest BCUT2D eigenvalue weighted by atomic mass is 32.2. The lowest BCUT2D eigenvalue weighted by Crippen LogP contribution is -2.57. The molecule has 6 nitrogen and oxygen atoms in total. The van der Waals surface area contributed by atoms with Crippen LogP contribution in [0.4, 0.5) is 4.39 Å². The largest absolute Gasteiger partial charge is 0.480 e. The topological polar surface area (TPSA) is 92.7 Å². The summed E-state index contributed by atoms with van der Waals surface area (Å²) in [5.41, 5.74) is -1.61. The van der Waals surface area contributed by atoms with Crippen molar-refractivity contribution in [2.45, 2.75) is 23.3 Å². The molecule has 2 rings (SSSR count). The molecule has 0 radical (unpaired) electrons. The smallest absolute Gasteiger partial charge is 0.325 e. The molecule has 1 aliphatic rings. The highest BCUT2D eigenvalue weighted by Crippen LogP contribution is 2.24. The summed E-state index contributed by atoms with van der Waals surface area (Å²) in [6.45, 7) is 0.302. The van der Waals surface area contributed by atoms with Crippen molar-refractivity contribution in [3.63, 3.8) is 0 Å². The highest BCUT2D eigenvalue weighted by molar-refractivity contribution is 7.89. The predicted molar refractivity (Wildman–Crippen MR) is 67.1 cm³/mol. The van der Waals surface area contributed by atoms with Crippen LogP contribution < -0.4 is 4.72 Å². The molecule has 8 heteroatoms. The molecule has 0 saturated carbocycles. The Bertz CT molecular complexity index is 610. The Labute approximate surface area is 115 Å². The second kappa shape index (κ2) is 5.47. The molecule has 0 aliphatic carbocycles. The molecule has 20 heavy (non-hydrogen) atoms. The van der Waals surface area contributed by atoms with E-state index in [0.29, 0.717) is 0 Å². The van der Waals surface area contributed by atoms with E-state index in [2.05, 4.69) is 4.72 Å². The number of carbonyl (C=O) groups is 1. The number of nitrogens with one attached hydrogen (secondary N) is 1. The Hall–Kier alpha value is -1.51. The van der Waals surface area contributed by atoms with Gasteiger partial charge in [-0.2, -0.15) is 4.72 Å². The van der Waals surface area contributed by atoms with Crippen molar-refractivity contribution in [1.82, 2.24) is 4.72 Å². The quantitative estimate of drug-likeness (QED) is 0.855. The van der Waals surface area contributed by atoms with Crippen molar-refractivity contribution in [2.24, 2.45) is 0 Å². The Balaban J connectivity index is 2.32. The van der Waals surface area contributed by atoms with Crippen LogP contribution in [0.3, 0.4) is 0 Å². The van der Waals surface area contributed by atoms with Crippen molar-refractivity contribution in [3.8, 4) is 0 Å². The first-order chi connectivity index (χ1) is 9.36. The maximum absolute atomic E-state index is 13.1. The predicted octanol–water partition coefficient (Wildman–Crippen LogP) is 0.738. The Morgan fingerprint density at radius 1 is 1.35 bits per heavy atom. The molecule has 2 N–H and O–H groups in total. The summed E-state index contributed by atoms with van der Waals surface area (Å²) in [6, 6.07) is 4.42. The molecule has 0 atom stereocenters. The van der Waals surface area contributed by atoms with Crippen molar-refractivity contribution < 1.29 is 27.4 Å². The van der Waals surface area contributed by atoms with Crippen LogP contribution in [0.2, 0.25) is 0 Å². The second-order valence-electron chi connectivity index (χ2n) is 4.56. The summed E-state index contributed by atoms with van der Waals surface area (Å²) in [7, 11) is -4.11. The number of rotatable bonds is 4. The average Bonchev–Trinajstić information content (AvgIpc) is 2.39. The van der Waals surface area contributed by atoms with Crippen LogP contribution in [0, 0.1) is 5.82 Å². The molecule has 0 aromatic heterocycles. The molecule has 1 fully saturated rings. The molecule has 1 aliphatic heterocycles. The third kappa shape index (κ3) is 2.97. The zero-order valence-corrected chi connectivity index (χ0v) is 11.3. The highest BCUT2D eigenvalue weighted by Gasteiger charge is 2.43. The van der Waals surface area contributed by atoms with Crippen molar-refractivity contribution in [3.05, 3.63) is 30.1 Å². The molecule has 0 spiro atoms. The van der Waals surface area contributed by atoms with Crippen LogP contribution in [0.1, 0.15) is 12.8 Å². The molecule has 1 heterocycles. The lowest BCUT2D eigenvalue weighted by Gasteiger charge is -2.33. The fraction of sp³-hybridized carbons (Fsp3) is 0.417. The minimum atomic E-state index is -4.11. The SMILES string of the molecule is O=C(O)C1(NS(=O)(=O)c2cccc(F)c2)CCOCC1. The van der Waals surface area contributed by atoms with Crippen LogP contribution in [0.15, 0.2) is 29.2 Å². The van der Waals surface area contributed by atoms with Gasteiger partial charge in [0.2, 0.25) is 10.0 Å². The Morgan fingerprint density at radius 2 is 2.00 bits per heavy atom. The normalized spacial score (nSPS) is 18.6. The van der Waals surface area contributed by atoms with Gasteiger partial charge in [-0.1, -0.05) is 6.07 Å². The third-order valence-electron chi connectivity index (χ3n) is 3.19. The van der Waals surface area contributed by atoms with Gasteiger partial charge in [0.15, 0.2) is 0 Å². The number of halogens is 1. The second-order valence-corrected chi connectivity index (χ2v) is 6.24. The molecular formula is C12H14FNO5S. The summed E-state index contributed by atoms with van der Waals surface area (Å²) in [4.78, 5) is 11.1. The fourth-order valence-corrected chi connectivity index (χ4v) is 3.48. The lowest BCUT2D eigenvalue weighted by molar-refractivity contribution is -0.147.